The third-order valence-electron chi connectivity index (χ3n) is 4.49. The van der Waals surface area contributed by atoms with Crippen LogP contribution in [0.25, 0.3) is 11.1 Å². The monoisotopic (exact) mass is 376 g/mol. The summed E-state index contributed by atoms with van der Waals surface area (Å²) in [4.78, 5) is 12.3. The molecule has 0 saturated carbocycles. The lowest BCUT2D eigenvalue weighted by molar-refractivity contribution is 0.0472. The average Bonchev–Trinajstić information content (AvgIpc) is 2.71. The normalized spacial score (nSPS) is 10.5. The number of aryl methyl sites for hydroxylation is 2. The van der Waals surface area contributed by atoms with Gasteiger partial charge >= 0.3 is 5.97 Å². The van der Waals surface area contributed by atoms with Crippen LogP contribution in [-0.4, -0.2) is 24.3 Å². The zero-order chi connectivity index (χ0) is 19.9. The lowest BCUT2D eigenvalue weighted by Gasteiger charge is -2.14. The maximum atomic E-state index is 12.3. The molecule has 3 rings (SSSR count). The van der Waals surface area contributed by atoms with Crippen LogP contribution in [0, 0.1) is 13.8 Å². The molecule has 3 aromatic carbocycles. The molecule has 0 bridgehead atoms. The Labute approximate surface area is 165 Å². The van der Waals surface area contributed by atoms with Gasteiger partial charge in [-0.05, 0) is 65.9 Å². The van der Waals surface area contributed by atoms with Crippen molar-refractivity contribution < 1.29 is 19.4 Å². The van der Waals surface area contributed by atoms with E-state index in [1.807, 2.05) is 68.4 Å². The predicted octanol–water partition coefficient (Wildman–Crippen LogP) is 4.70. The Morgan fingerprint density at radius 3 is 2.18 bits per heavy atom. The highest BCUT2D eigenvalue weighted by atomic mass is 16.5. The Morgan fingerprint density at radius 2 is 1.57 bits per heavy atom. The van der Waals surface area contributed by atoms with Gasteiger partial charge in [0, 0.05) is 0 Å². The van der Waals surface area contributed by atoms with Crippen LogP contribution in [0.3, 0.4) is 0 Å². The van der Waals surface area contributed by atoms with E-state index in [-0.39, 0.29) is 25.8 Å². The second kappa shape index (κ2) is 9.20. The first-order valence-electron chi connectivity index (χ1n) is 9.25. The smallest absolute Gasteiger partial charge is 0.338 e. The molecule has 0 aromatic heterocycles. The topological polar surface area (TPSA) is 55.8 Å². The van der Waals surface area contributed by atoms with E-state index < -0.39 is 0 Å². The van der Waals surface area contributed by atoms with E-state index in [1.165, 1.54) is 0 Å². The van der Waals surface area contributed by atoms with Gasteiger partial charge in [-0.15, -0.1) is 0 Å². The summed E-state index contributed by atoms with van der Waals surface area (Å²) >= 11 is 0. The van der Waals surface area contributed by atoms with Crippen molar-refractivity contribution >= 4 is 5.97 Å². The summed E-state index contributed by atoms with van der Waals surface area (Å²) in [5.41, 5.74) is 5.78. The molecule has 0 atom stereocenters. The van der Waals surface area contributed by atoms with Crippen molar-refractivity contribution in [2.24, 2.45) is 0 Å². The van der Waals surface area contributed by atoms with Crippen LogP contribution < -0.4 is 4.74 Å². The Bertz CT molecular complexity index is 908. The molecular formula is C24H24O4. The number of carbonyl (C=O) groups is 1. The number of esters is 1. The number of rotatable bonds is 7. The van der Waals surface area contributed by atoms with Crippen molar-refractivity contribution in [1.82, 2.24) is 0 Å². The largest absolute Gasteiger partial charge is 0.491 e. The van der Waals surface area contributed by atoms with Gasteiger partial charge in [-0.25, -0.2) is 4.79 Å². The predicted molar refractivity (Wildman–Crippen MR) is 109 cm³/mol. The highest BCUT2D eigenvalue weighted by Gasteiger charge is 2.11. The molecule has 0 aliphatic carbocycles. The number of hydrogen-bond acceptors (Lipinski definition) is 4. The molecule has 144 valence electrons. The summed E-state index contributed by atoms with van der Waals surface area (Å²) in [6.45, 7) is 4.57. The maximum absolute atomic E-state index is 12.3. The first-order valence-corrected chi connectivity index (χ1v) is 9.25. The first-order chi connectivity index (χ1) is 13.6. The van der Waals surface area contributed by atoms with E-state index in [0.29, 0.717) is 5.56 Å². The minimum Gasteiger partial charge on any atom is -0.491 e. The fourth-order valence-corrected chi connectivity index (χ4v) is 3.21. The van der Waals surface area contributed by atoms with Crippen molar-refractivity contribution in [2.45, 2.75) is 20.5 Å². The molecule has 28 heavy (non-hydrogen) atoms. The molecule has 4 nitrogen and oxygen atoms in total. The van der Waals surface area contributed by atoms with E-state index in [4.69, 9.17) is 14.6 Å². The summed E-state index contributed by atoms with van der Waals surface area (Å²) in [6, 6.07) is 21.0. The number of benzene rings is 3. The van der Waals surface area contributed by atoms with Gasteiger partial charge in [0.1, 0.15) is 19.0 Å². The second-order valence-electron chi connectivity index (χ2n) is 6.64. The number of carbonyl (C=O) groups excluding carboxylic acids is 1. The van der Waals surface area contributed by atoms with E-state index in [9.17, 15) is 4.79 Å². The maximum Gasteiger partial charge on any atom is 0.338 e. The van der Waals surface area contributed by atoms with Crippen LogP contribution in [0.4, 0.5) is 0 Å². The molecule has 0 spiro atoms. The SMILES string of the molecule is Cc1cc(OCCO)cc(C)c1-c1ccc(C(=O)OCc2ccccc2)cc1. The van der Waals surface area contributed by atoms with Crippen molar-refractivity contribution in [3.8, 4) is 16.9 Å². The fraction of sp³-hybridized carbons (Fsp3) is 0.208. The Balaban J connectivity index is 1.72. The molecule has 1 N–H and O–H groups in total. The average molecular weight is 376 g/mol. The van der Waals surface area contributed by atoms with Crippen molar-refractivity contribution in [3.05, 3.63) is 89.0 Å². The highest BCUT2D eigenvalue weighted by Crippen LogP contribution is 2.31. The van der Waals surface area contributed by atoms with Crippen LogP contribution in [-0.2, 0) is 11.3 Å². The minimum atomic E-state index is -0.336. The van der Waals surface area contributed by atoms with Gasteiger partial charge in [0.15, 0.2) is 0 Å². The Hall–Kier alpha value is -3.11. The van der Waals surface area contributed by atoms with E-state index in [1.54, 1.807) is 12.1 Å². The molecule has 0 amide bonds. The zero-order valence-corrected chi connectivity index (χ0v) is 16.1. The van der Waals surface area contributed by atoms with Crippen LogP contribution in [0.2, 0.25) is 0 Å². The third kappa shape index (κ3) is 4.78. The van der Waals surface area contributed by atoms with Gasteiger partial charge in [-0.1, -0.05) is 42.5 Å². The molecule has 4 heteroatoms. The standard InChI is InChI=1S/C24H24O4/c1-17-14-22(27-13-12-25)15-18(2)23(17)20-8-10-21(11-9-20)24(26)28-16-19-6-4-3-5-7-19/h3-11,14-15,25H,12-13,16H2,1-2H3. The minimum absolute atomic E-state index is 0.0122. The van der Waals surface area contributed by atoms with Crippen LogP contribution in [0.1, 0.15) is 27.0 Å². The van der Waals surface area contributed by atoms with Crippen LogP contribution in [0.5, 0.6) is 5.75 Å². The summed E-state index contributed by atoms with van der Waals surface area (Å²) in [7, 11) is 0. The second-order valence-corrected chi connectivity index (χ2v) is 6.64. The Morgan fingerprint density at radius 1 is 0.929 bits per heavy atom. The number of ether oxygens (including phenoxy) is 2. The molecule has 0 fully saturated rings. The van der Waals surface area contributed by atoms with Gasteiger partial charge in [0.05, 0.1) is 12.2 Å². The van der Waals surface area contributed by atoms with Crippen molar-refractivity contribution in [3.63, 3.8) is 0 Å². The van der Waals surface area contributed by atoms with E-state index >= 15 is 0 Å². The number of aliphatic hydroxyl groups is 1. The molecular weight excluding hydrogens is 352 g/mol. The summed E-state index contributed by atoms with van der Waals surface area (Å²) in [6.07, 6.45) is 0. The quantitative estimate of drug-likeness (QED) is 0.608. The van der Waals surface area contributed by atoms with E-state index in [2.05, 4.69) is 0 Å². The van der Waals surface area contributed by atoms with Crippen LogP contribution >= 0.6 is 0 Å². The first kappa shape index (κ1) is 19.6. The summed E-state index contributed by atoms with van der Waals surface area (Å²) < 4.78 is 10.9. The van der Waals surface area contributed by atoms with Gasteiger partial charge in [0.25, 0.3) is 0 Å². The molecule has 0 aliphatic rings. The summed E-state index contributed by atoms with van der Waals surface area (Å²) in [5.74, 6) is 0.408. The molecule has 3 aromatic rings. The molecule has 0 unspecified atom stereocenters. The van der Waals surface area contributed by atoms with Gasteiger partial charge in [-0.3, -0.25) is 0 Å². The molecule has 0 aliphatic heterocycles. The highest BCUT2D eigenvalue weighted by molar-refractivity contribution is 5.90. The number of aliphatic hydroxyl groups excluding tert-OH is 1. The van der Waals surface area contributed by atoms with E-state index in [0.717, 1.165) is 33.6 Å². The fourth-order valence-electron chi connectivity index (χ4n) is 3.21. The lowest BCUT2D eigenvalue weighted by atomic mass is 9.95. The lowest BCUT2D eigenvalue weighted by Crippen LogP contribution is -2.05. The van der Waals surface area contributed by atoms with Gasteiger partial charge in [-0.2, -0.15) is 0 Å². The molecule has 0 saturated heterocycles. The molecule has 0 radical (unpaired) electrons. The third-order valence-corrected chi connectivity index (χ3v) is 4.49. The van der Waals surface area contributed by atoms with Gasteiger partial charge in [0.2, 0.25) is 0 Å². The van der Waals surface area contributed by atoms with Crippen molar-refractivity contribution in [2.75, 3.05) is 13.2 Å². The Kier molecular flexibility index (Phi) is 6.45. The zero-order valence-electron chi connectivity index (χ0n) is 16.1. The summed E-state index contributed by atoms with van der Waals surface area (Å²) in [5, 5.41) is 8.91. The van der Waals surface area contributed by atoms with Crippen LogP contribution in [0.15, 0.2) is 66.7 Å². The molecule has 0 heterocycles. The van der Waals surface area contributed by atoms with Gasteiger partial charge < -0.3 is 14.6 Å². The number of hydrogen-bond donors (Lipinski definition) is 1. The van der Waals surface area contributed by atoms with Crippen molar-refractivity contribution in [1.29, 1.82) is 0 Å².